The maximum atomic E-state index is 13.3. The number of rotatable bonds is 2. The van der Waals surface area contributed by atoms with Gasteiger partial charge < -0.3 is 10.6 Å². The van der Waals surface area contributed by atoms with E-state index >= 15 is 0 Å². The first-order valence-corrected chi connectivity index (χ1v) is 6.60. The van der Waals surface area contributed by atoms with Crippen LogP contribution in [0.4, 0.5) is 28.0 Å². The molecule has 1 heterocycles. The summed E-state index contributed by atoms with van der Waals surface area (Å²) in [6.45, 7) is 0. The quantitative estimate of drug-likeness (QED) is 0.822. The van der Waals surface area contributed by atoms with Gasteiger partial charge in [0.2, 0.25) is 0 Å². The third kappa shape index (κ3) is 4.30. The van der Waals surface area contributed by atoms with Crippen molar-refractivity contribution in [3.05, 3.63) is 24.3 Å². The van der Waals surface area contributed by atoms with Crippen molar-refractivity contribution < 1.29 is 22.4 Å². The van der Waals surface area contributed by atoms with Crippen LogP contribution in [-0.4, -0.2) is 23.2 Å². The molecule has 1 aromatic rings. The van der Waals surface area contributed by atoms with Crippen molar-refractivity contribution in [2.45, 2.75) is 37.9 Å². The molecule has 21 heavy (non-hydrogen) atoms. The van der Waals surface area contributed by atoms with Crippen LogP contribution in [0.15, 0.2) is 18.5 Å². The zero-order valence-corrected chi connectivity index (χ0v) is 11.1. The first-order chi connectivity index (χ1) is 9.86. The second-order valence-corrected chi connectivity index (χ2v) is 5.06. The predicted molar refractivity (Wildman–Crippen MR) is 68.2 cm³/mol. The SMILES string of the molecule is O=C(Nc1ccncc1F)N[C@H]1CCC[C@@H](C(F)(F)F)C1. The molecule has 1 fully saturated rings. The van der Waals surface area contributed by atoms with Crippen molar-refractivity contribution in [1.82, 2.24) is 10.3 Å². The van der Waals surface area contributed by atoms with Crippen molar-refractivity contribution in [3.63, 3.8) is 0 Å². The lowest BCUT2D eigenvalue weighted by atomic mass is 9.85. The fourth-order valence-electron chi connectivity index (χ4n) is 2.44. The summed E-state index contributed by atoms with van der Waals surface area (Å²) >= 11 is 0. The first kappa shape index (κ1) is 15.5. The molecule has 0 bridgehead atoms. The molecule has 2 N–H and O–H groups in total. The number of anilines is 1. The number of urea groups is 1. The Bertz CT molecular complexity index is 506. The molecule has 1 aliphatic rings. The van der Waals surface area contributed by atoms with E-state index in [0.29, 0.717) is 12.8 Å². The smallest absolute Gasteiger partial charge is 0.335 e. The first-order valence-electron chi connectivity index (χ1n) is 6.60. The lowest BCUT2D eigenvalue weighted by Crippen LogP contribution is -2.43. The van der Waals surface area contributed by atoms with Gasteiger partial charge in [-0.25, -0.2) is 9.18 Å². The average molecular weight is 305 g/mol. The number of pyridine rings is 1. The summed E-state index contributed by atoms with van der Waals surface area (Å²) in [4.78, 5) is 15.2. The highest BCUT2D eigenvalue weighted by molar-refractivity contribution is 5.89. The van der Waals surface area contributed by atoms with E-state index in [2.05, 4.69) is 15.6 Å². The lowest BCUT2D eigenvalue weighted by molar-refractivity contribution is -0.183. The van der Waals surface area contributed by atoms with Gasteiger partial charge in [-0.1, -0.05) is 6.42 Å². The average Bonchev–Trinajstić information content (AvgIpc) is 2.41. The Balaban J connectivity index is 1.89. The van der Waals surface area contributed by atoms with Gasteiger partial charge in [0.1, 0.15) is 0 Å². The monoisotopic (exact) mass is 305 g/mol. The van der Waals surface area contributed by atoms with Gasteiger partial charge in [-0.05, 0) is 25.3 Å². The Labute approximate surface area is 118 Å². The predicted octanol–water partition coefficient (Wildman–Crippen LogP) is 3.46. The number of halogens is 4. The molecule has 1 saturated carbocycles. The molecule has 4 nitrogen and oxygen atoms in total. The van der Waals surface area contributed by atoms with Gasteiger partial charge in [0, 0.05) is 12.2 Å². The van der Waals surface area contributed by atoms with Gasteiger partial charge in [0.25, 0.3) is 0 Å². The second-order valence-electron chi connectivity index (χ2n) is 5.06. The molecule has 8 heteroatoms. The van der Waals surface area contributed by atoms with Crippen LogP contribution in [0, 0.1) is 11.7 Å². The fourth-order valence-corrected chi connectivity index (χ4v) is 2.44. The minimum Gasteiger partial charge on any atom is -0.335 e. The summed E-state index contributed by atoms with van der Waals surface area (Å²) in [7, 11) is 0. The number of carbonyl (C=O) groups is 1. The molecule has 116 valence electrons. The number of hydrogen-bond acceptors (Lipinski definition) is 2. The number of nitrogens with one attached hydrogen (secondary N) is 2. The summed E-state index contributed by atoms with van der Waals surface area (Å²) in [5.41, 5.74) is -0.0642. The van der Waals surface area contributed by atoms with Crippen molar-refractivity contribution in [2.75, 3.05) is 5.32 Å². The van der Waals surface area contributed by atoms with Crippen molar-refractivity contribution in [1.29, 1.82) is 0 Å². The van der Waals surface area contributed by atoms with E-state index in [1.165, 1.54) is 12.3 Å². The van der Waals surface area contributed by atoms with Crippen LogP contribution in [0.1, 0.15) is 25.7 Å². The summed E-state index contributed by atoms with van der Waals surface area (Å²) in [6.07, 6.45) is -1.17. The molecule has 2 rings (SSSR count). The summed E-state index contributed by atoms with van der Waals surface area (Å²) in [5.74, 6) is -2.10. The van der Waals surface area contributed by atoms with Gasteiger partial charge in [-0.2, -0.15) is 13.2 Å². The highest BCUT2D eigenvalue weighted by atomic mass is 19.4. The van der Waals surface area contributed by atoms with Gasteiger partial charge in [0.05, 0.1) is 17.8 Å². The van der Waals surface area contributed by atoms with E-state index in [0.717, 1.165) is 6.20 Å². The molecule has 0 unspecified atom stereocenters. The molecular formula is C13H15F4N3O. The topological polar surface area (TPSA) is 54.0 Å². The van der Waals surface area contributed by atoms with Crippen LogP contribution in [-0.2, 0) is 0 Å². The van der Waals surface area contributed by atoms with Crippen LogP contribution in [0.2, 0.25) is 0 Å². The summed E-state index contributed by atoms with van der Waals surface area (Å²) in [6, 6.07) is -0.00269. The Morgan fingerprint density at radius 2 is 2.10 bits per heavy atom. The van der Waals surface area contributed by atoms with Gasteiger partial charge in [-0.15, -0.1) is 0 Å². The minimum absolute atomic E-state index is 0.0642. The minimum atomic E-state index is -4.24. The van der Waals surface area contributed by atoms with Crippen molar-refractivity contribution >= 4 is 11.7 Å². The van der Waals surface area contributed by atoms with E-state index in [1.807, 2.05) is 0 Å². The number of nitrogens with zero attached hydrogens (tertiary/aromatic N) is 1. The highest BCUT2D eigenvalue weighted by Gasteiger charge is 2.42. The third-order valence-corrected chi connectivity index (χ3v) is 3.49. The van der Waals surface area contributed by atoms with Gasteiger partial charge in [0.15, 0.2) is 5.82 Å². The van der Waals surface area contributed by atoms with Crippen LogP contribution in [0.3, 0.4) is 0 Å². The molecule has 0 aromatic carbocycles. The van der Waals surface area contributed by atoms with E-state index in [9.17, 15) is 22.4 Å². The van der Waals surface area contributed by atoms with Crippen LogP contribution in [0.25, 0.3) is 0 Å². The molecule has 0 aliphatic heterocycles. The maximum Gasteiger partial charge on any atom is 0.391 e. The van der Waals surface area contributed by atoms with Crippen molar-refractivity contribution in [3.8, 4) is 0 Å². The molecule has 0 radical (unpaired) electrons. The number of aromatic nitrogens is 1. The summed E-state index contributed by atoms with van der Waals surface area (Å²) < 4.78 is 51.3. The Morgan fingerprint density at radius 3 is 2.76 bits per heavy atom. The highest BCUT2D eigenvalue weighted by Crippen LogP contribution is 2.37. The van der Waals surface area contributed by atoms with Crippen LogP contribution >= 0.6 is 0 Å². The Kier molecular flexibility index (Phi) is 4.64. The number of amides is 2. The Hall–Kier alpha value is -1.86. The lowest BCUT2D eigenvalue weighted by Gasteiger charge is -2.31. The molecule has 0 spiro atoms. The van der Waals surface area contributed by atoms with E-state index in [1.54, 1.807) is 0 Å². The Morgan fingerprint density at radius 1 is 1.33 bits per heavy atom. The van der Waals surface area contributed by atoms with E-state index in [-0.39, 0.29) is 18.5 Å². The third-order valence-electron chi connectivity index (χ3n) is 3.49. The standard InChI is InChI=1S/C13H15F4N3O/c14-10-7-18-5-4-11(10)20-12(21)19-9-3-1-2-8(6-9)13(15,16)17/h4-5,7-9H,1-3,6H2,(H2,18,19,20,21)/t8-,9+/m1/s1. The van der Waals surface area contributed by atoms with Crippen molar-refractivity contribution in [2.24, 2.45) is 5.92 Å². The largest absolute Gasteiger partial charge is 0.391 e. The molecular weight excluding hydrogens is 290 g/mol. The zero-order chi connectivity index (χ0) is 15.5. The zero-order valence-electron chi connectivity index (χ0n) is 11.1. The maximum absolute atomic E-state index is 13.3. The van der Waals surface area contributed by atoms with Crippen LogP contribution in [0.5, 0.6) is 0 Å². The summed E-state index contributed by atoms with van der Waals surface area (Å²) in [5, 5.41) is 4.72. The van der Waals surface area contributed by atoms with E-state index < -0.39 is 30.0 Å². The molecule has 2 amide bonds. The normalized spacial score (nSPS) is 22.7. The molecule has 0 saturated heterocycles. The molecule has 2 atom stereocenters. The molecule has 1 aliphatic carbocycles. The van der Waals surface area contributed by atoms with E-state index in [4.69, 9.17) is 0 Å². The molecule has 1 aromatic heterocycles. The number of carbonyl (C=O) groups excluding carboxylic acids is 1. The van der Waals surface area contributed by atoms with Gasteiger partial charge in [-0.3, -0.25) is 4.98 Å². The van der Waals surface area contributed by atoms with Gasteiger partial charge >= 0.3 is 12.2 Å². The second kappa shape index (κ2) is 6.28. The fraction of sp³-hybridized carbons (Fsp3) is 0.538. The number of hydrogen-bond donors (Lipinski definition) is 2. The van der Waals surface area contributed by atoms with Crippen LogP contribution < -0.4 is 10.6 Å². The number of alkyl halides is 3.